The zero-order valence-electron chi connectivity index (χ0n) is 10.2. The van der Waals surface area contributed by atoms with E-state index in [1.807, 2.05) is 0 Å². The Kier molecular flexibility index (Phi) is 1.79. The van der Waals surface area contributed by atoms with Crippen molar-refractivity contribution in [2.45, 2.75) is 0 Å². The number of pyridine rings is 1. The summed E-state index contributed by atoms with van der Waals surface area (Å²) in [7, 11) is -0.448. The summed E-state index contributed by atoms with van der Waals surface area (Å²) in [4.78, 5) is 38.9. The number of aromatic amines is 2. The standard InChI is InChI=1S/C12H9N3O3/c1-15-12(18)8-9(11(17)14-15)13-7-5-3-2-4-6(7)10(8)16/h2-5H,1H3,(H,13,16)(H,14,17)/i1D. The molecule has 90 valence electrons. The summed E-state index contributed by atoms with van der Waals surface area (Å²) in [5, 5.41) is 2.38. The minimum atomic E-state index is -0.670. The van der Waals surface area contributed by atoms with Gasteiger partial charge in [-0.1, -0.05) is 12.1 Å². The molecule has 0 amide bonds. The van der Waals surface area contributed by atoms with Crippen LogP contribution in [0.25, 0.3) is 21.8 Å². The summed E-state index contributed by atoms with van der Waals surface area (Å²) in [5.41, 5.74) is -1.32. The van der Waals surface area contributed by atoms with Gasteiger partial charge in [0.2, 0.25) is 5.43 Å². The zero-order valence-corrected chi connectivity index (χ0v) is 9.19. The van der Waals surface area contributed by atoms with Gasteiger partial charge in [0.1, 0.15) is 10.9 Å². The fraction of sp³-hybridized carbons (Fsp3) is 0.0833. The van der Waals surface area contributed by atoms with Crippen LogP contribution < -0.4 is 16.5 Å². The highest BCUT2D eigenvalue weighted by molar-refractivity contribution is 5.91. The van der Waals surface area contributed by atoms with Crippen molar-refractivity contribution in [3.63, 3.8) is 0 Å². The van der Waals surface area contributed by atoms with Gasteiger partial charge in [0.25, 0.3) is 11.1 Å². The molecule has 3 rings (SSSR count). The first-order valence-electron chi connectivity index (χ1n) is 5.91. The second-order valence-corrected chi connectivity index (χ2v) is 3.92. The molecule has 2 heterocycles. The SMILES string of the molecule is [2H]Cn1[nH]c(=O)c2[nH]c3ccccc3c(=O)c2c1=O. The molecular formula is C12H9N3O3. The Bertz CT molecular complexity index is 968. The second-order valence-electron chi connectivity index (χ2n) is 3.92. The van der Waals surface area contributed by atoms with E-state index < -0.39 is 23.6 Å². The van der Waals surface area contributed by atoms with Crippen molar-refractivity contribution in [3.8, 4) is 0 Å². The average Bonchev–Trinajstić information content (AvgIpc) is 2.42. The number of para-hydroxylation sites is 1. The van der Waals surface area contributed by atoms with Crippen molar-refractivity contribution in [3.05, 3.63) is 55.2 Å². The number of benzene rings is 1. The maximum atomic E-state index is 12.3. The molecule has 0 fully saturated rings. The van der Waals surface area contributed by atoms with Gasteiger partial charge in [0.15, 0.2) is 0 Å². The molecule has 0 aliphatic carbocycles. The fourth-order valence-corrected chi connectivity index (χ4v) is 1.97. The van der Waals surface area contributed by atoms with Gasteiger partial charge in [0.05, 0.1) is 0 Å². The lowest BCUT2D eigenvalue weighted by molar-refractivity contribution is 0.702. The van der Waals surface area contributed by atoms with Crippen LogP contribution in [0.3, 0.4) is 0 Å². The van der Waals surface area contributed by atoms with E-state index in [1.165, 1.54) is 0 Å². The normalized spacial score (nSPS) is 11.9. The van der Waals surface area contributed by atoms with Gasteiger partial charge in [-0.2, -0.15) is 0 Å². The average molecular weight is 244 g/mol. The molecule has 0 atom stereocenters. The van der Waals surface area contributed by atoms with Crippen LogP contribution in [0.4, 0.5) is 0 Å². The molecule has 18 heavy (non-hydrogen) atoms. The molecule has 0 radical (unpaired) electrons. The molecule has 3 aromatic rings. The molecule has 0 saturated heterocycles. The number of aryl methyl sites for hydroxylation is 1. The summed E-state index contributed by atoms with van der Waals surface area (Å²) in [6.45, 7) is 0. The highest BCUT2D eigenvalue weighted by atomic mass is 16.2. The Morgan fingerprint density at radius 2 is 2.00 bits per heavy atom. The van der Waals surface area contributed by atoms with Gasteiger partial charge < -0.3 is 4.98 Å². The maximum Gasteiger partial charge on any atom is 0.287 e. The van der Waals surface area contributed by atoms with Crippen LogP contribution in [0.1, 0.15) is 1.37 Å². The van der Waals surface area contributed by atoms with E-state index in [0.29, 0.717) is 10.9 Å². The van der Waals surface area contributed by atoms with Crippen molar-refractivity contribution in [2.75, 3.05) is 0 Å². The summed E-state index contributed by atoms with van der Waals surface area (Å²) in [6, 6.07) is 6.65. The van der Waals surface area contributed by atoms with Crippen LogP contribution >= 0.6 is 0 Å². The van der Waals surface area contributed by atoms with Crippen molar-refractivity contribution in [1.82, 2.24) is 14.8 Å². The van der Waals surface area contributed by atoms with Crippen LogP contribution in [-0.2, 0) is 7.02 Å². The number of hydrogen-bond acceptors (Lipinski definition) is 3. The van der Waals surface area contributed by atoms with Gasteiger partial charge in [-0.05, 0) is 12.1 Å². The third kappa shape index (κ3) is 1.26. The largest absolute Gasteiger partial charge is 0.350 e. The van der Waals surface area contributed by atoms with Gasteiger partial charge in [-0.3, -0.25) is 24.2 Å². The Hall–Kier alpha value is -2.63. The number of aromatic nitrogens is 3. The Balaban J connectivity index is 2.71. The van der Waals surface area contributed by atoms with Crippen LogP contribution in [0.5, 0.6) is 0 Å². The third-order valence-corrected chi connectivity index (χ3v) is 2.83. The van der Waals surface area contributed by atoms with Crippen LogP contribution in [0.2, 0.25) is 0 Å². The van der Waals surface area contributed by atoms with E-state index in [4.69, 9.17) is 1.37 Å². The molecule has 0 bridgehead atoms. The minimum Gasteiger partial charge on any atom is -0.350 e. The number of rotatable bonds is 0. The zero-order chi connectivity index (χ0) is 13.6. The van der Waals surface area contributed by atoms with Crippen molar-refractivity contribution in [1.29, 1.82) is 0 Å². The Morgan fingerprint density at radius 3 is 2.78 bits per heavy atom. The molecule has 0 aliphatic rings. The first-order valence-corrected chi connectivity index (χ1v) is 5.20. The van der Waals surface area contributed by atoms with Crippen molar-refractivity contribution in [2.24, 2.45) is 7.02 Å². The summed E-state index contributed by atoms with van der Waals surface area (Å²) >= 11 is 0. The van der Waals surface area contributed by atoms with Gasteiger partial charge in [-0.15, -0.1) is 0 Å². The van der Waals surface area contributed by atoms with E-state index in [1.54, 1.807) is 24.3 Å². The second kappa shape index (κ2) is 3.43. The summed E-state index contributed by atoms with van der Waals surface area (Å²) < 4.78 is 7.97. The molecule has 1 aromatic carbocycles. The van der Waals surface area contributed by atoms with Crippen molar-refractivity contribution < 1.29 is 1.37 Å². The Labute approximate surface area is 101 Å². The minimum absolute atomic E-state index is 0.0570. The van der Waals surface area contributed by atoms with Gasteiger partial charge >= 0.3 is 0 Å². The van der Waals surface area contributed by atoms with Crippen LogP contribution in [0, 0.1) is 0 Å². The molecule has 0 unspecified atom stereocenters. The molecule has 2 aromatic heterocycles. The monoisotopic (exact) mass is 244 g/mol. The first-order chi connectivity index (χ1) is 9.13. The third-order valence-electron chi connectivity index (χ3n) is 2.83. The first kappa shape index (κ1) is 9.41. The number of hydrogen-bond donors (Lipinski definition) is 2. The maximum absolute atomic E-state index is 12.3. The molecule has 2 N–H and O–H groups in total. The molecule has 0 spiro atoms. The highest BCUT2D eigenvalue weighted by Gasteiger charge is 2.12. The number of H-pyrrole nitrogens is 2. The molecule has 0 aliphatic heterocycles. The smallest absolute Gasteiger partial charge is 0.287 e. The van der Waals surface area contributed by atoms with E-state index >= 15 is 0 Å². The molecule has 6 heteroatoms. The Morgan fingerprint density at radius 1 is 1.22 bits per heavy atom. The molecule has 0 saturated carbocycles. The van der Waals surface area contributed by atoms with E-state index in [-0.39, 0.29) is 10.9 Å². The number of nitrogens with zero attached hydrogens (tertiary/aromatic N) is 1. The van der Waals surface area contributed by atoms with E-state index in [0.717, 1.165) is 4.68 Å². The predicted octanol–water partition coefficient (Wildman–Crippen LogP) is 0.0683. The molecule has 6 nitrogen and oxygen atoms in total. The van der Waals surface area contributed by atoms with Crippen molar-refractivity contribution >= 4 is 21.8 Å². The fourth-order valence-electron chi connectivity index (χ4n) is 1.97. The lowest BCUT2D eigenvalue weighted by Crippen LogP contribution is -2.31. The van der Waals surface area contributed by atoms with Crippen LogP contribution in [-0.4, -0.2) is 14.8 Å². The predicted molar refractivity (Wildman–Crippen MR) is 67.9 cm³/mol. The lowest BCUT2D eigenvalue weighted by Gasteiger charge is -2.03. The number of fused-ring (bicyclic) bond motifs is 2. The van der Waals surface area contributed by atoms with Gasteiger partial charge in [0, 0.05) is 19.3 Å². The van der Waals surface area contributed by atoms with E-state index in [2.05, 4.69) is 10.1 Å². The topological polar surface area (TPSA) is 87.7 Å². The number of nitrogens with one attached hydrogen (secondary N) is 2. The quantitative estimate of drug-likeness (QED) is 0.548. The van der Waals surface area contributed by atoms with Crippen LogP contribution in [0.15, 0.2) is 38.6 Å². The lowest BCUT2D eigenvalue weighted by atomic mass is 10.1. The molecular weight excluding hydrogens is 234 g/mol. The summed E-state index contributed by atoms with van der Waals surface area (Å²) in [6.07, 6.45) is 0. The highest BCUT2D eigenvalue weighted by Crippen LogP contribution is 2.08. The summed E-state index contributed by atoms with van der Waals surface area (Å²) in [5.74, 6) is 0. The van der Waals surface area contributed by atoms with E-state index in [9.17, 15) is 14.4 Å². The van der Waals surface area contributed by atoms with Gasteiger partial charge in [-0.25, -0.2) is 0 Å².